The van der Waals surface area contributed by atoms with Gasteiger partial charge in [0, 0.05) is 16.4 Å². The Balaban J connectivity index is 2.10. The molecule has 1 fully saturated rings. The number of nitriles is 1. The molecule has 0 saturated heterocycles. The lowest BCUT2D eigenvalue weighted by molar-refractivity contribution is -0.131. The fourth-order valence-corrected chi connectivity index (χ4v) is 10.7. The van der Waals surface area contributed by atoms with Crippen molar-refractivity contribution >= 4 is 32.9 Å². The number of nitrogens with zero attached hydrogens (tertiary/aromatic N) is 1. The Hall–Kier alpha value is -2.08. The molecule has 250 valence electrons. The van der Waals surface area contributed by atoms with Gasteiger partial charge >= 0.3 is 0 Å². The zero-order chi connectivity index (χ0) is 34.3. The van der Waals surface area contributed by atoms with Crippen molar-refractivity contribution in [3.63, 3.8) is 0 Å². The molecule has 1 saturated carbocycles. The van der Waals surface area contributed by atoms with Crippen molar-refractivity contribution in [1.29, 1.82) is 5.26 Å². The lowest BCUT2D eigenvalue weighted by atomic mass is 9.41. The Bertz CT molecular complexity index is 1500. The molecule has 45 heavy (non-hydrogen) atoms. The van der Waals surface area contributed by atoms with Crippen LogP contribution in [0.2, 0.25) is 0 Å². The Morgan fingerprint density at radius 2 is 1.71 bits per heavy atom. The number of thiophene rings is 1. The van der Waals surface area contributed by atoms with E-state index in [4.69, 9.17) is 0 Å². The highest BCUT2D eigenvalue weighted by Gasteiger charge is 2.61. The monoisotopic (exact) mass is 656 g/mol. The Morgan fingerprint density at radius 3 is 2.22 bits per heavy atom. The molecule has 1 heterocycles. The topological polar surface area (TPSA) is 104 Å². The first kappa shape index (κ1) is 37.4. The molecule has 1 aromatic rings. The van der Waals surface area contributed by atoms with E-state index in [1.165, 1.54) is 11.3 Å². The predicted molar refractivity (Wildman–Crippen MR) is 184 cm³/mol. The number of ketones is 2. The molecular weight excluding hydrogens is 601 g/mol. The molecule has 8 heteroatoms. The van der Waals surface area contributed by atoms with Crippen molar-refractivity contribution in [2.45, 2.75) is 137 Å². The van der Waals surface area contributed by atoms with Gasteiger partial charge in [-0.3, -0.25) is 9.59 Å². The van der Waals surface area contributed by atoms with Gasteiger partial charge in [-0.1, -0.05) is 86.4 Å². The molecule has 2 aliphatic carbocycles. The van der Waals surface area contributed by atoms with E-state index in [1.807, 2.05) is 26.8 Å². The van der Waals surface area contributed by atoms with Crippen LogP contribution in [0.1, 0.15) is 128 Å². The van der Waals surface area contributed by atoms with Gasteiger partial charge < -0.3 is 0 Å². The normalized spacial score (nSPS) is 28.8. The fraction of sp³-hybridized carbons (Fsp3) is 0.703. The maximum atomic E-state index is 13.6. The highest BCUT2D eigenvalue weighted by atomic mass is 32.2. The number of rotatable bonds is 13. The van der Waals surface area contributed by atoms with Gasteiger partial charge in [0.2, 0.25) is 0 Å². The van der Waals surface area contributed by atoms with Crippen LogP contribution in [0.4, 0.5) is 0 Å². The highest BCUT2D eigenvalue weighted by molar-refractivity contribution is 7.91. The Morgan fingerprint density at radius 1 is 1.09 bits per heavy atom. The molecule has 1 N–H and O–H groups in total. The SMILES string of the molecule is CCC(C)(C)CC[C@@](C)(CC[C@](C)(CC)[C@]1(C)CC[C@H]2C(C)(C)C(=O)C(C#N)=C[C@]2(C)/C1=C/C(C)=O)NS(=O)(=O)c1cccs1. The van der Waals surface area contributed by atoms with Crippen molar-refractivity contribution in [2.75, 3.05) is 0 Å². The van der Waals surface area contributed by atoms with Crippen molar-refractivity contribution < 1.29 is 18.0 Å². The summed E-state index contributed by atoms with van der Waals surface area (Å²) in [5.41, 5.74) is -1.55. The highest BCUT2D eigenvalue weighted by Crippen LogP contribution is 2.67. The molecule has 0 spiro atoms. The van der Waals surface area contributed by atoms with Gasteiger partial charge in [-0.05, 0) is 98.5 Å². The van der Waals surface area contributed by atoms with Gasteiger partial charge in [-0.25, -0.2) is 13.1 Å². The number of nitrogens with one attached hydrogen (secondary N) is 1. The Kier molecular flexibility index (Phi) is 10.7. The maximum Gasteiger partial charge on any atom is 0.250 e. The van der Waals surface area contributed by atoms with Crippen LogP contribution in [0.5, 0.6) is 0 Å². The Labute approximate surface area is 277 Å². The van der Waals surface area contributed by atoms with E-state index in [9.17, 15) is 23.3 Å². The van der Waals surface area contributed by atoms with E-state index >= 15 is 0 Å². The first-order valence-corrected chi connectivity index (χ1v) is 18.9. The predicted octanol–water partition coefficient (Wildman–Crippen LogP) is 9.19. The van der Waals surface area contributed by atoms with Crippen molar-refractivity contribution in [1.82, 2.24) is 4.72 Å². The number of sulfonamides is 1. The zero-order valence-electron chi connectivity index (χ0n) is 29.5. The average molecular weight is 657 g/mol. The van der Waals surface area contributed by atoms with E-state index in [0.717, 1.165) is 44.1 Å². The summed E-state index contributed by atoms with van der Waals surface area (Å²) in [6, 6.07) is 5.58. The van der Waals surface area contributed by atoms with E-state index in [2.05, 4.69) is 59.3 Å². The second-order valence-corrected chi connectivity index (χ2v) is 19.0. The van der Waals surface area contributed by atoms with Crippen molar-refractivity contribution in [3.8, 4) is 6.07 Å². The second-order valence-electron chi connectivity index (χ2n) is 16.1. The van der Waals surface area contributed by atoms with Crippen LogP contribution in [0.25, 0.3) is 0 Å². The average Bonchev–Trinajstić information content (AvgIpc) is 3.51. The number of allylic oxidation sites excluding steroid dienone is 4. The van der Waals surface area contributed by atoms with Crippen LogP contribution < -0.4 is 4.72 Å². The summed E-state index contributed by atoms with van der Waals surface area (Å²) in [5.74, 6) is -0.220. The minimum atomic E-state index is -3.70. The van der Waals surface area contributed by atoms with Crippen molar-refractivity contribution in [2.24, 2.45) is 33.0 Å². The van der Waals surface area contributed by atoms with Crippen molar-refractivity contribution in [3.05, 3.63) is 40.8 Å². The molecule has 1 aromatic heterocycles. The molecule has 2 aliphatic rings. The molecular formula is C37H56N2O4S2. The van der Waals surface area contributed by atoms with Crippen LogP contribution in [0, 0.1) is 44.3 Å². The lowest BCUT2D eigenvalue weighted by Gasteiger charge is -2.62. The second kappa shape index (κ2) is 12.8. The number of fused-ring (bicyclic) bond motifs is 1. The molecule has 0 amide bonds. The van der Waals surface area contributed by atoms with Crippen LogP contribution in [-0.2, 0) is 19.6 Å². The quantitative estimate of drug-likeness (QED) is 0.213. The van der Waals surface area contributed by atoms with Gasteiger partial charge in [-0.2, -0.15) is 5.26 Å². The van der Waals surface area contributed by atoms with Crippen LogP contribution in [0.3, 0.4) is 0 Å². The lowest BCUT2D eigenvalue weighted by Crippen LogP contribution is -2.56. The summed E-state index contributed by atoms with van der Waals surface area (Å²) in [4.78, 5) is 26.2. The summed E-state index contributed by atoms with van der Waals surface area (Å²) < 4.78 is 30.6. The molecule has 0 bridgehead atoms. The number of hydrogen-bond donors (Lipinski definition) is 1. The first-order valence-electron chi connectivity index (χ1n) is 16.5. The molecule has 3 rings (SSSR count). The van der Waals surface area contributed by atoms with Gasteiger partial charge in [0.05, 0.1) is 5.57 Å². The maximum absolute atomic E-state index is 13.6. The minimum Gasteiger partial charge on any atom is -0.295 e. The smallest absolute Gasteiger partial charge is 0.250 e. The molecule has 0 aliphatic heterocycles. The molecule has 0 aromatic carbocycles. The van der Waals surface area contributed by atoms with Crippen LogP contribution in [-0.4, -0.2) is 25.5 Å². The minimum absolute atomic E-state index is 0.0477. The number of carbonyl (C=O) groups excluding carboxylic acids is 2. The first-order chi connectivity index (χ1) is 20.6. The largest absolute Gasteiger partial charge is 0.295 e. The van der Waals surface area contributed by atoms with E-state index in [0.29, 0.717) is 17.1 Å². The summed E-state index contributed by atoms with van der Waals surface area (Å²) in [6.45, 7) is 23.0. The third-order valence-corrected chi connectivity index (χ3v) is 15.3. The number of Topliss-reactive ketones (excluding diaryl/α,β-unsaturated/α-hetero) is 1. The van der Waals surface area contributed by atoms with Gasteiger partial charge in [0.15, 0.2) is 11.6 Å². The standard InChI is InChI=1S/C37H56N2O4S2/c1-12-32(4,5)18-20-35(9,39-45(42,43)30-15-14-22-44-30)21-19-34(8,13-2)37(11)17-16-28-33(6,7)31(41)27(25-38)24-36(28,10)29(37)23-26(3)40/h14-15,22-24,28,39H,12-13,16-21H2,1-11H3/b29-23-/t28-,34-,35-,36-,37+/m0/s1. The van der Waals surface area contributed by atoms with E-state index < -0.39 is 31.8 Å². The molecule has 6 nitrogen and oxygen atoms in total. The third-order valence-electron chi connectivity index (χ3n) is 12.2. The fourth-order valence-electron chi connectivity index (χ4n) is 8.24. The summed E-state index contributed by atoms with van der Waals surface area (Å²) >= 11 is 1.22. The van der Waals surface area contributed by atoms with Gasteiger partial charge in [0.25, 0.3) is 10.0 Å². The summed E-state index contributed by atoms with van der Waals surface area (Å²) in [6.07, 6.45) is 9.99. The summed E-state index contributed by atoms with van der Waals surface area (Å²) in [7, 11) is -3.70. The number of hydrogen-bond acceptors (Lipinski definition) is 6. The van der Waals surface area contributed by atoms with Crippen LogP contribution in [0.15, 0.2) is 45.0 Å². The molecule has 5 atom stereocenters. The number of carbonyl (C=O) groups is 2. The van der Waals surface area contributed by atoms with Gasteiger partial charge in [0.1, 0.15) is 10.3 Å². The van der Waals surface area contributed by atoms with Crippen LogP contribution >= 0.6 is 11.3 Å². The van der Waals surface area contributed by atoms with E-state index in [1.54, 1.807) is 30.5 Å². The molecule has 0 unspecified atom stereocenters. The zero-order valence-corrected chi connectivity index (χ0v) is 31.2. The van der Waals surface area contributed by atoms with Gasteiger partial charge in [-0.15, -0.1) is 11.3 Å². The summed E-state index contributed by atoms with van der Waals surface area (Å²) in [5, 5.41) is 11.8. The van der Waals surface area contributed by atoms with E-state index in [-0.39, 0.29) is 33.9 Å². The third kappa shape index (κ3) is 7.11. The molecule has 0 radical (unpaired) electrons.